The number of rotatable bonds is 5. The van der Waals surface area contributed by atoms with Crippen LogP contribution >= 0.6 is 11.3 Å². The van der Waals surface area contributed by atoms with Crippen LogP contribution in [0.3, 0.4) is 0 Å². The van der Waals surface area contributed by atoms with Gasteiger partial charge in [-0.25, -0.2) is 27.8 Å². The van der Waals surface area contributed by atoms with E-state index in [1.54, 1.807) is 35.7 Å². The summed E-state index contributed by atoms with van der Waals surface area (Å²) in [5.41, 5.74) is 1.58. The Morgan fingerprint density at radius 1 is 1.07 bits per heavy atom. The minimum atomic E-state index is -3.75. The molecule has 0 aliphatic heterocycles. The Labute approximate surface area is 165 Å². The van der Waals surface area contributed by atoms with E-state index in [0.29, 0.717) is 17.3 Å². The van der Waals surface area contributed by atoms with Crippen molar-refractivity contribution in [3.8, 4) is 33.6 Å². The quantitative estimate of drug-likeness (QED) is 0.534. The Hall–Kier alpha value is -2.89. The van der Waals surface area contributed by atoms with Gasteiger partial charge in [0.25, 0.3) is 0 Å². The minimum absolute atomic E-state index is 0.0362. The van der Waals surface area contributed by atoms with E-state index in [1.807, 2.05) is 23.6 Å². The normalized spacial score (nSPS) is 11.8. The second-order valence-electron chi connectivity index (χ2n) is 5.95. The van der Waals surface area contributed by atoms with Gasteiger partial charge in [-0.2, -0.15) is 5.10 Å². The molecule has 4 heterocycles. The van der Waals surface area contributed by atoms with Crippen LogP contribution in [0.5, 0.6) is 0 Å². The fourth-order valence-electron chi connectivity index (χ4n) is 2.80. The summed E-state index contributed by atoms with van der Waals surface area (Å²) in [6, 6.07) is 8.81. The zero-order valence-corrected chi connectivity index (χ0v) is 17.0. The Kier molecular flexibility index (Phi) is 4.57. The van der Waals surface area contributed by atoms with Crippen molar-refractivity contribution in [1.29, 1.82) is 0 Å². The standard InChI is InChI=1S/C17H17N7O2S2/c1-18-28(25,26)14-7-6-11(12-8-9-19-23(12)2)20-15(14)17-21-16(22-24(17)3)13-5-4-10-27-13/h4-10,18H,1-3H3. The van der Waals surface area contributed by atoms with E-state index in [0.717, 1.165) is 10.6 Å². The van der Waals surface area contributed by atoms with Gasteiger partial charge in [0.1, 0.15) is 10.6 Å². The number of hydrogen-bond acceptors (Lipinski definition) is 7. The van der Waals surface area contributed by atoms with Crippen molar-refractivity contribution in [3.63, 3.8) is 0 Å². The number of pyridine rings is 1. The molecule has 28 heavy (non-hydrogen) atoms. The van der Waals surface area contributed by atoms with Crippen LogP contribution in [0.2, 0.25) is 0 Å². The van der Waals surface area contributed by atoms with Gasteiger partial charge in [0, 0.05) is 20.3 Å². The van der Waals surface area contributed by atoms with Crippen LogP contribution in [0, 0.1) is 0 Å². The lowest BCUT2D eigenvalue weighted by atomic mass is 10.2. The number of thiophene rings is 1. The first kappa shape index (κ1) is 18.5. The van der Waals surface area contributed by atoms with Crippen LogP contribution in [0.15, 0.2) is 46.8 Å². The molecule has 0 aliphatic rings. The highest BCUT2D eigenvalue weighted by molar-refractivity contribution is 7.89. The zero-order valence-electron chi connectivity index (χ0n) is 15.4. The van der Waals surface area contributed by atoms with Crippen molar-refractivity contribution in [1.82, 2.24) is 34.3 Å². The molecule has 0 saturated carbocycles. The number of nitrogens with zero attached hydrogens (tertiary/aromatic N) is 6. The van der Waals surface area contributed by atoms with Gasteiger partial charge in [-0.1, -0.05) is 6.07 Å². The van der Waals surface area contributed by atoms with Crippen LogP contribution in [0.25, 0.3) is 33.6 Å². The predicted octanol–water partition coefficient (Wildman–Crippen LogP) is 1.91. The van der Waals surface area contributed by atoms with Crippen molar-refractivity contribution in [2.24, 2.45) is 14.1 Å². The molecule has 0 atom stereocenters. The fraction of sp³-hybridized carbons (Fsp3) is 0.176. The summed E-state index contributed by atoms with van der Waals surface area (Å²) in [4.78, 5) is 10.1. The highest BCUT2D eigenvalue weighted by Gasteiger charge is 2.24. The van der Waals surface area contributed by atoms with Crippen LogP contribution in [0.1, 0.15) is 0 Å². The molecule has 4 aromatic heterocycles. The maximum Gasteiger partial charge on any atom is 0.242 e. The van der Waals surface area contributed by atoms with Crippen molar-refractivity contribution < 1.29 is 8.42 Å². The fourth-order valence-corrected chi connectivity index (χ4v) is 4.31. The molecule has 0 amide bonds. The number of sulfonamides is 1. The van der Waals surface area contributed by atoms with Gasteiger partial charge >= 0.3 is 0 Å². The van der Waals surface area contributed by atoms with Gasteiger partial charge in [-0.3, -0.25) is 4.68 Å². The van der Waals surface area contributed by atoms with Crippen LogP contribution in [-0.2, 0) is 24.1 Å². The molecule has 1 N–H and O–H groups in total. The number of aromatic nitrogens is 6. The third-order valence-electron chi connectivity index (χ3n) is 4.22. The molecule has 0 unspecified atom stereocenters. The molecule has 4 rings (SSSR count). The Balaban J connectivity index is 1.95. The summed E-state index contributed by atoms with van der Waals surface area (Å²) in [6.45, 7) is 0. The molecular formula is C17H17N7O2S2. The Morgan fingerprint density at radius 3 is 2.54 bits per heavy atom. The maximum absolute atomic E-state index is 12.6. The van der Waals surface area contributed by atoms with Gasteiger partial charge in [-0.05, 0) is 36.7 Å². The molecule has 0 aromatic carbocycles. The number of nitrogens with one attached hydrogen (secondary N) is 1. The second kappa shape index (κ2) is 6.93. The summed E-state index contributed by atoms with van der Waals surface area (Å²) in [7, 11) is 1.13. The van der Waals surface area contributed by atoms with Gasteiger partial charge in [0.15, 0.2) is 11.6 Å². The van der Waals surface area contributed by atoms with E-state index in [4.69, 9.17) is 0 Å². The van der Waals surface area contributed by atoms with Gasteiger partial charge in [0.05, 0.1) is 16.3 Å². The minimum Gasteiger partial charge on any atom is -0.266 e. The van der Waals surface area contributed by atoms with Crippen LogP contribution < -0.4 is 4.72 Å². The molecule has 0 aliphatic carbocycles. The van der Waals surface area contributed by atoms with E-state index >= 15 is 0 Å². The smallest absolute Gasteiger partial charge is 0.242 e. The molecule has 0 saturated heterocycles. The number of hydrogen-bond donors (Lipinski definition) is 1. The molecule has 0 spiro atoms. The first-order valence-corrected chi connectivity index (χ1v) is 10.7. The first-order chi connectivity index (χ1) is 13.4. The molecule has 144 valence electrons. The van der Waals surface area contributed by atoms with E-state index in [9.17, 15) is 8.42 Å². The summed E-state index contributed by atoms with van der Waals surface area (Å²) >= 11 is 1.51. The molecule has 4 aromatic rings. The Bertz CT molecular complexity index is 1240. The molecule has 0 radical (unpaired) electrons. The largest absolute Gasteiger partial charge is 0.266 e. The van der Waals surface area contributed by atoms with Crippen molar-refractivity contribution in [2.45, 2.75) is 4.90 Å². The highest BCUT2D eigenvalue weighted by atomic mass is 32.2. The summed E-state index contributed by atoms with van der Waals surface area (Å²) in [5, 5.41) is 10.5. The van der Waals surface area contributed by atoms with Crippen LogP contribution in [0.4, 0.5) is 0 Å². The third-order valence-corrected chi connectivity index (χ3v) is 6.53. The lowest BCUT2D eigenvalue weighted by Gasteiger charge is -2.10. The lowest BCUT2D eigenvalue weighted by Crippen LogP contribution is -2.20. The molecular weight excluding hydrogens is 398 g/mol. The first-order valence-electron chi connectivity index (χ1n) is 8.29. The Morgan fingerprint density at radius 2 is 1.89 bits per heavy atom. The zero-order chi connectivity index (χ0) is 19.9. The molecule has 9 nitrogen and oxygen atoms in total. The van der Waals surface area contributed by atoms with Crippen molar-refractivity contribution >= 4 is 21.4 Å². The van der Waals surface area contributed by atoms with E-state index in [1.165, 1.54) is 24.5 Å². The van der Waals surface area contributed by atoms with Gasteiger partial charge in [-0.15, -0.1) is 16.4 Å². The van der Waals surface area contributed by atoms with Gasteiger partial charge in [0.2, 0.25) is 10.0 Å². The van der Waals surface area contributed by atoms with Crippen molar-refractivity contribution in [2.75, 3.05) is 7.05 Å². The van der Waals surface area contributed by atoms with E-state index in [-0.39, 0.29) is 10.6 Å². The summed E-state index contributed by atoms with van der Waals surface area (Å²) < 4.78 is 30.7. The monoisotopic (exact) mass is 415 g/mol. The third kappa shape index (κ3) is 3.13. The molecule has 0 bridgehead atoms. The summed E-state index contributed by atoms with van der Waals surface area (Å²) in [5.74, 6) is 0.884. The second-order valence-corrected chi connectivity index (χ2v) is 8.75. The van der Waals surface area contributed by atoms with E-state index in [2.05, 4.69) is 24.9 Å². The SMILES string of the molecule is CNS(=O)(=O)c1ccc(-c2ccnn2C)nc1-c1nc(-c2cccs2)nn1C. The summed E-state index contributed by atoms with van der Waals surface area (Å²) in [6.07, 6.45) is 1.66. The topological polar surface area (TPSA) is 108 Å². The van der Waals surface area contributed by atoms with Crippen molar-refractivity contribution in [3.05, 3.63) is 41.9 Å². The molecule has 11 heteroatoms. The molecule has 0 fully saturated rings. The predicted molar refractivity (Wildman–Crippen MR) is 106 cm³/mol. The van der Waals surface area contributed by atoms with Crippen LogP contribution in [-0.4, -0.2) is 45.0 Å². The lowest BCUT2D eigenvalue weighted by molar-refractivity contribution is 0.588. The average Bonchev–Trinajstić information content (AvgIpc) is 3.42. The average molecular weight is 416 g/mol. The number of aryl methyl sites for hydroxylation is 2. The highest BCUT2D eigenvalue weighted by Crippen LogP contribution is 2.30. The maximum atomic E-state index is 12.6. The van der Waals surface area contributed by atoms with E-state index < -0.39 is 10.0 Å². The van der Waals surface area contributed by atoms with Gasteiger partial charge < -0.3 is 0 Å².